The van der Waals surface area contributed by atoms with E-state index in [1.165, 1.54) is 0 Å². The van der Waals surface area contributed by atoms with Crippen LogP contribution in [0.2, 0.25) is 10.0 Å². The van der Waals surface area contributed by atoms with E-state index in [4.69, 9.17) is 28.9 Å². The van der Waals surface area contributed by atoms with Gasteiger partial charge in [-0.25, -0.2) is 0 Å². The van der Waals surface area contributed by atoms with Crippen LogP contribution in [-0.4, -0.2) is 6.54 Å². The molecule has 94 valence electrons. The van der Waals surface area contributed by atoms with E-state index < -0.39 is 0 Å². The largest absolute Gasteiger partial charge is 0.377 e. The molecule has 0 saturated heterocycles. The molecular formula is C14H14Cl2N2. The molecule has 0 fully saturated rings. The van der Waals surface area contributed by atoms with Crippen LogP contribution in [0.25, 0.3) is 0 Å². The van der Waals surface area contributed by atoms with Crippen LogP contribution in [0.4, 0.5) is 5.69 Å². The minimum absolute atomic E-state index is 0.0323. The third kappa shape index (κ3) is 3.39. The molecule has 18 heavy (non-hydrogen) atoms. The van der Waals surface area contributed by atoms with Crippen LogP contribution in [-0.2, 0) is 0 Å². The van der Waals surface area contributed by atoms with Gasteiger partial charge in [0.1, 0.15) is 0 Å². The Labute approximate surface area is 117 Å². The highest BCUT2D eigenvalue weighted by Gasteiger charge is 2.09. The van der Waals surface area contributed by atoms with Crippen LogP contribution >= 0.6 is 23.2 Å². The van der Waals surface area contributed by atoms with Crippen molar-refractivity contribution in [1.29, 1.82) is 0 Å². The number of halogens is 2. The molecule has 1 atom stereocenters. The van der Waals surface area contributed by atoms with E-state index >= 15 is 0 Å². The highest BCUT2D eigenvalue weighted by Crippen LogP contribution is 2.22. The summed E-state index contributed by atoms with van der Waals surface area (Å²) in [7, 11) is 0. The van der Waals surface area contributed by atoms with Crippen molar-refractivity contribution in [2.75, 3.05) is 11.9 Å². The molecule has 0 bridgehead atoms. The molecule has 2 nitrogen and oxygen atoms in total. The summed E-state index contributed by atoms with van der Waals surface area (Å²) in [6, 6.07) is 15.3. The Balaban J connectivity index is 2.17. The van der Waals surface area contributed by atoms with Crippen LogP contribution < -0.4 is 11.1 Å². The summed E-state index contributed by atoms with van der Waals surface area (Å²) >= 11 is 11.8. The molecule has 3 N–H and O–H groups in total. The molecule has 2 aromatic rings. The first-order valence-electron chi connectivity index (χ1n) is 5.66. The van der Waals surface area contributed by atoms with Gasteiger partial charge >= 0.3 is 0 Å². The quantitative estimate of drug-likeness (QED) is 0.885. The highest BCUT2D eigenvalue weighted by molar-refractivity contribution is 6.30. The Morgan fingerprint density at radius 3 is 2.33 bits per heavy atom. The highest BCUT2D eigenvalue weighted by atomic mass is 35.5. The van der Waals surface area contributed by atoms with Crippen molar-refractivity contribution in [1.82, 2.24) is 0 Å². The van der Waals surface area contributed by atoms with Crippen LogP contribution in [0.1, 0.15) is 11.6 Å². The molecule has 4 heteroatoms. The molecule has 0 aliphatic rings. The van der Waals surface area contributed by atoms with Gasteiger partial charge in [-0.2, -0.15) is 0 Å². The number of rotatable bonds is 4. The van der Waals surface area contributed by atoms with E-state index in [0.717, 1.165) is 11.3 Å². The van der Waals surface area contributed by atoms with Crippen LogP contribution in [0, 0.1) is 0 Å². The first-order valence-corrected chi connectivity index (χ1v) is 6.42. The molecule has 0 aromatic heterocycles. The number of nitrogens with one attached hydrogen (secondary N) is 1. The number of hydrogen-bond donors (Lipinski definition) is 2. The third-order valence-corrected chi connectivity index (χ3v) is 3.16. The molecule has 0 saturated carbocycles. The van der Waals surface area contributed by atoms with E-state index in [2.05, 4.69) is 5.32 Å². The zero-order valence-electron chi connectivity index (χ0n) is 9.74. The molecule has 0 aliphatic heterocycles. The summed E-state index contributed by atoms with van der Waals surface area (Å²) in [6.45, 7) is 0.489. The van der Waals surface area contributed by atoms with E-state index in [1.807, 2.05) is 48.5 Å². The lowest BCUT2D eigenvalue weighted by atomic mass is 10.1. The Kier molecular flexibility index (Phi) is 4.48. The molecule has 2 rings (SSSR count). The fourth-order valence-electron chi connectivity index (χ4n) is 1.75. The minimum Gasteiger partial charge on any atom is -0.377 e. The average Bonchev–Trinajstić information content (AvgIpc) is 2.38. The van der Waals surface area contributed by atoms with Crippen molar-refractivity contribution in [3.63, 3.8) is 0 Å². The Morgan fingerprint density at radius 2 is 1.72 bits per heavy atom. The van der Waals surface area contributed by atoms with E-state index in [-0.39, 0.29) is 6.04 Å². The van der Waals surface area contributed by atoms with Crippen molar-refractivity contribution in [3.8, 4) is 0 Å². The molecule has 0 spiro atoms. The first kappa shape index (κ1) is 13.2. The molecule has 2 aromatic carbocycles. The number of anilines is 1. The lowest BCUT2D eigenvalue weighted by Gasteiger charge is -2.19. The maximum atomic E-state index is 5.98. The van der Waals surface area contributed by atoms with E-state index in [0.29, 0.717) is 16.6 Å². The third-order valence-electron chi connectivity index (χ3n) is 2.67. The van der Waals surface area contributed by atoms with Gasteiger partial charge in [-0.3, -0.25) is 0 Å². The molecule has 0 heterocycles. The predicted molar refractivity (Wildman–Crippen MR) is 78.3 cm³/mol. The summed E-state index contributed by atoms with van der Waals surface area (Å²) < 4.78 is 0. The summed E-state index contributed by atoms with van der Waals surface area (Å²) in [5.41, 5.74) is 7.85. The summed E-state index contributed by atoms with van der Waals surface area (Å²) in [5.74, 6) is 0. The Morgan fingerprint density at radius 1 is 1.00 bits per heavy atom. The maximum Gasteiger partial charge on any atom is 0.0636 e. The van der Waals surface area contributed by atoms with Gasteiger partial charge in [0.05, 0.1) is 6.04 Å². The number of nitrogens with two attached hydrogens (primary N) is 1. The van der Waals surface area contributed by atoms with Gasteiger partial charge in [-0.15, -0.1) is 0 Å². The van der Waals surface area contributed by atoms with Crippen molar-refractivity contribution in [3.05, 3.63) is 64.1 Å². The predicted octanol–water partition coefficient (Wildman–Crippen LogP) is 4.11. The van der Waals surface area contributed by atoms with Gasteiger partial charge in [0.25, 0.3) is 0 Å². The number of hydrogen-bond acceptors (Lipinski definition) is 2. The topological polar surface area (TPSA) is 38.0 Å². The minimum atomic E-state index is 0.0323. The molecule has 0 amide bonds. The van der Waals surface area contributed by atoms with Gasteiger partial charge in [-0.1, -0.05) is 35.3 Å². The Bertz CT molecular complexity index is 511. The van der Waals surface area contributed by atoms with Crippen LogP contribution in [0.5, 0.6) is 0 Å². The summed E-state index contributed by atoms with van der Waals surface area (Å²) in [6.07, 6.45) is 0. The SMILES string of the molecule is NCC(Nc1ccc(Cl)cc1)c1cccc(Cl)c1. The van der Waals surface area contributed by atoms with Crippen molar-refractivity contribution in [2.24, 2.45) is 5.73 Å². The summed E-state index contributed by atoms with van der Waals surface area (Å²) in [5, 5.41) is 4.78. The summed E-state index contributed by atoms with van der Waals surface area (Å²) in [4.78, 5) is 0. The van der Waals surface area contributed by atoms with E-state index in [9.17, 15) is 0 Å². The van der Waals surface area contributed by atoms with Crippen molar-refractivity contribution < 1.29 is 0 Å². The van der Waals surface area contributed by atoms with Gasteiger partial charge in [0, 0.05) is 22.3 Å². The maximum absolute atomic E-state index is 5.98. The fourth-order valence-corrected chi connectivity index (χ4v) is 2.07. The second-order valence-electron chi connectivity index (χ2n) is 3.99. The second-order valence-corrected chi connectivity index (χ2v) is 4.87. The van der Waals surface area contributed by atoms with Crippen molar-refractivity contribution in [2.45, 2.75) is 6.04 Å². The monoisotopic (exact) mass is 280 g/mol. The smallest absolute Gasteiger partial charge is 0.0636 e. The Hall–Kier alpha value is -1.22. The zero-order chi connectivity index (χ0) is 13.0. The molecule has 1 unspecified atom stereocenters. The fraction of sp³-hybridized carbons (Fsp3) is 0.143. The van der Waals surface area contributed by atoms with Gasteiger partial charge in [0.2, 0.25) is 0 Å². The number of benzene rings is 2. The second kappa shape index (κ2) is 6.10. The first-order chi connectivity index (χ1) is 8.69. The lowest BCUT2D eigenvalue weighted by Crippen LogP contribution is -2.20. The van der Waals surface area contributed by atoms with E-state index in [1.54, 1.807) is 0 Å². The van der Waals surface area contributed by atoms with Crippen LogP contribution in [0.15, 0.2) is 48.5 Å². The van der Waals surface area contributed by atoms with Gasteiger partial charge < -0.3 is 11.1 Å². The molecule has 0 aliphatic carbocycles. The molecule has 0 radical (unpaired) electrons. The van der Waals surface area contributed by atoms with Gasteiger partial charge in [0.15, 0.2) is 0 Å². The lowest BCUT2D eigenvalue weighted by molar-refractivity contribution is 0.790. The average molecular weight is 281 g/mol. The molecular weight excluding hydrogens is 267 g/mol. The zero-order valence-corrected chi connectivity index (χ0v) is 11.2. The van der Waals surface area contributed by atoms with Crippen molar-refractivity contribution >= 4 is 28.9 Å². The standard InChI is InChI=1S/C14H14Cl2N2/c15-11-4-6-13(7-5-11)18-14(9-17)10-2-1-3-12(16)8-10/h1-8,14,18H,9,17H2. The normalized spacial score (nSPS) is 12.2. The van der Waals surface area contributed by atoms with Gasteiger partial charge in [-0.05, 0) is 42.0 Å². The van der Waals surface area contributed by atoms with Crippen LogP contribution in [0.3, 0.4) is 0 Å².